The lowest BCUT2D eigenvalue weighted by Crippen LogP contribution is -1.99. The molecule has 1 aromatic heterocycles. The van der Waals surface area contributed by atoms with E-state index >= 15 is 0 Å². The van der Waals surface area contributed by atoms with E-state index in [1.807, 2.05) is 72.8 Å². The summed E-state index contributed by atoms with van der Waals surface area (Å²) in [6.07, 6.45) is 0. The van der Waals surface area contributed by atoms with Crippen LogP contribution in [0.25, 0.3) is 17.1 Å². The standard InChI is InChI=1S/C21H15Cl2N3S/c22-17-9-11-19(12-10-17)26-20(16-6-2-1-3-7-16)24-25-21(26)27-14-15-5-4-8-18(23)13-15/h1-13H,14H2. The lowest BCUT2D eigenvalue weighted by molar-refractivity contribution is 0.886. The number of aromatic nitrogens is 3. The van der Waals surface area contributed by atoms with Crippen LogP contribution in [0.4, 0.5) is 0 Å². The van der Waals surface area contributed by atoms with Crippen molar-refractivity contribution in [1.82, 2.24) is 14.8 Å². The number of halogens is 2. The summed E-state index contributed by atoms with van der Waals surface area (Å²) in [5.74, 6) is 1.55. The minimum atomic E-state index is 0.696. The smallest absolute Gasteiger partial charge is 0.196 e. The van der Waals surface area contributed by atoms with E-state index in [-0.39, 0.29) is 0 Å². The molecule has 27 heavy (non-hydrogen) atoms. The van der Waals surface area contributed by atoms with Crippen LogP contribution in [0.5, 0.6) is 0 Å². The summed E-state index contributed by atoms with van der Waals surface area (Å²) in [6, 6.07) is 25.6. The minimum Gasteiger partial charge on any atom is -0.270 e. The second-order valence-electron chi connectivity index (χ2n) is 5.90. The molecule has 3 nitrogen and oxygen atoms in total. The van der Waals surface area contributed by atoms with Crippen LogP contribution in [-0.2, 0) is 5.75 Å². The fraction of sp³-hybridized carbons (Fsp3) is 0.0476. The molecule has 0 saturated carbocycles. The fourth-order valence-corrected chi connectivity index (χ4v) is 3.97. The summed E-state index contributed by atoms with van der Waals surface area (Å²) < 4.78 is 2.06. The van der Waals surface area contributed by atoms with E-state index in [0.29, 0.717) is 5.02 Å². The summed E-state index contributed by atoms with van der Waals surface area (Å²) in [4.78, 5) is 0. The van der Waals surface area contributed by atoms with E-state index in [9.17, 15) is 0 Å². The van der Waals surface area contributed by atoms with Gasteiger partial charge in [0.05, 0.1) is 0 Å². The van der Waals surface area contributed by atoms with Crippen LogP contribution < -0.4 is 0 Å². The Morgan fingerprint density at radius 1 is 0.778 bits per heavy atom. The summed E-state index contributed by atoms with van der Waals surface area (Å²) in [5, 5.41) is 11.1. The molecule has 0 aliphatic rings. The van der Waals surface area contributed by atoms with Crippen LogP contribution in [-0.4, -0.2) is 14.8 Å². The van der Waals surface area contributed by atoms with E-state index in [4.69, 9.17) is 23.2 Å². The highest BCUT2D eigenvalue weighted by Gasteiger charge is 2.16. The lowest BCUT2D eigenvalue weighted by Gasteiger charge is -2.10. The van der Waals surface area contributed by atoms with Crippen molar-refractivity contribution in [3.8, 4) is 17.1 Å². The van der Waals surface area contributed by atoms with Crippen LogP contribution in [0.3, 0.4) is 0 Å². The molecule has 0 aliphatic heterocycles. The SMILES string of the molecule is Clc1ccc(-n2c(SCc3cccc(Cl)c3)nnc2-c2ccccc2)cc1. The van der Waals surface area contributed by atoms with Gasteiger partial charge in [0.2, 0.25) is 0 Å². The summed E-state index contributed by atoms with van der Waals surface area (Å²) in [5.41, 5.74) is 3.12. The Hall–Kier alpha value is -2.27. The molecule has 4 rings (SSSR count). The Morgan fingerprint density at radius 3 is 2.30 bits per heavy atom. The highest BCUT2D eigenvalue weighted by atomic mass is 35.5. The summed E-state index contributed by atoms with van der Waals surface area (Å²) in [6.45, 7) is 0. The highest BCUT2D eigenvalue weighted by molar-refractivity contribution is 7.98. The topological polar surface area (TPSA) is 30.7 Å². The van der Waals surface area contributed by atoms with Gasteiger partial charge in [-0.15, -0.1) is 10.2 Å². The molecular formula is C21H15Cl2N3S. The van der Waals surface area contributed by atoms with Crippen LogP contribution in [0.2, 0.25) is 10.0 Å². The van der Waals surface area contributed by atoms with Crippen LogP contribution >= 0.6 is 35.0 Å². The molecule has 1 heterocycles. The van der Waals surface area contributed by atoms with E-state index < -0.39 is 0 Å². The third-order valence-electron chi connectivity index (χ3n) is 4.01. The summed E-state index contributed by atoms with van der Waals surface area (Å²) >= 11 is 13.8. The molecule has 0 aliphatic carbocycles. The van der Waals surface area contributed by atoms with Crippen molar-refractivity contribution < 1.29 is 0 Å². The predicted molar refractivity (Wildman–Crippen MR) is 113 cm³/mol. The third kappa shape index (κ3) is 4.19. The van der Waals surface area contributed by atoms with Gasteiger partial charge in [0.1, 0.15) is 0 Å². The molecule has 0 amide bonds. The third-order valence-corrected chi connectivity index (χ3v) is 5.49. The first-order chi connectivity index (χ1) is 13.2. The van der Waals surface area contributed by atoms with Gasteiger partial charge in [-0.3, -0.25) is 4.57 Å². The van der Waals surface area contributed by atoms with Gasteiger partial charge in [-0.2, -0.15) is 0 Å². The van der Waals surface area contributed by atoms with Crippen LogP contribution in [0.1, 0.15) is 5.56 Å². The summed E-state index contributed by atoms with van der Waals surface area (Å²) in [7, 11) is 0. The Labute approximate surface area is 172 Å². The van der Waals surface area contributed by atoms with Gasteiger partial charge >= 0.3 is 0 Å². The molecule has 0 unspecified atom stereocenters. The second-order valence-corrected chi connectivity index (χ2v) is 7.72. The molecule has 0 saturated heterocycles. The molecule has 0 atom stereocenters. The van der Waals surface area contributed by atoms with Gasteiger partial charge in [-0.25, -0.2) is 0 Å². The quantitative estimate of drug-likeness (QED) is 0.349. The zero-order valence-electron chi connectivity index (χ0n) is 14.2. The number of thioether (sulfide) groups is 1. The Bertz CT molecular complexity index is 1050. The minimum absolute atomic E-state index is 0.696. The van der Waals surface area contributed by atoms with Gasteiger partial charge < -0.3 is 0 Å². The van der Waals surface area contributed by atoms with Crippen molar-refractivity contribution in [3.05, 3.63) is 94.5 Å². The zero-order chi connectivity index (χ0) is 18.6. The first kappa shape index (κ1) is 18.1. The van der Waals surface area contributed by atoms with Crippen LogP contribution in [0, 0.1) is 0 Å². The number of nitrogens with zero attached hydrogens (tertiary/aromatic N) is 3. The molecule has 0 radical (unpaired) electrons. The number of hydrogen-bond donors (Lipinski definition) is 0. The number of rotatable bonds is 5. The van der Waals surface area contributed by atoms with Crippen molar-refractivity contribution in [2.24, 2.45) is 0 Å². The van der Waals surface area contributed by atoms with Crippen molar-refractivity contribution in [1.29, 1.82) is 0 Å². The molecule has 134 valence electrons. The van der Waals surface area contributed by atoms with E-state index in [2.05, 4.69) is 20.8 Å². The van der Waals surface area contributed by atoms with E-state index in [1.165, 1.54) is 0 Å². The van der Waals surface area contributed by atoms with Gasteiger partial charge in [0.25, 0.3) is 0 Å². The monoisotopic (exact) mass is 411 g/mol. The van der Waals surface area contributed by atoms with Crippen molar-refractivity contribution in [2.75, 3.05) is 0 Å². The van der Waals surface area contributed by atoms with Gasteiger partial charge in [0, 0.05) is 27.0 Å². The highest BCUT2D eigenvalue weighted by Crippen LogP contribution is 2.30. The molecule has 0 bridgehead atoms. The van der Waals surface area contributed by atoms with Crippen LogP contribution in [0.15, 0.2) is 84.0 Å². The average molecular weight is 412 g/mol. The Kier molecular flexibility index (Phi) is 5.48. The first-order valence-electron chi connectivity index (χ1n) is 8.35. The van der Waals surface area contributed by atoms with Crippen molar-refractivity contribution >= 4 is 35.0 Å². The van der Waals surface area contributed by atoms with E-state index in [0.717, 1.165) is 38.6 Å². The van der Waals surface area contributed by atoms with Gasteiger partial charge in [-0.05, 0) is 42.0 Å². The van der Waals surface area contributed by atoms with Crippen molar-refractivity contribution in [3.63, 3.8) is 0 Å². The Morgan fingerprint density at radius 2 is 1.56 bits per heavy atom. The second kappa shape index (κ2) is 8.17. The van der Waals surface area contributed by atoms with Gasteiger partial charge in [-0.1, -0.05) is 77.4 Å². The normalized spacial score (nSPS) is 10.9. The fourth-order valence-electron chi connectivity index (χ4n) is 2.74. The largest absolute Gasteiger partial charge is 0.270 e. The lowest BCUT2D eigenvalue weighted by atomic mass is 10.2. The molecule has 3 aromatic carbocycles. The van der Waals surface area contributed by atoms with Gasteiger partial charge in [0.15, 0.2) is 11.0 Å². The molecule has 0 fully saturated rings. The zero-order valence-corrected chi connectivity index (χ0v) is 16.5. The average Bonchev–Trinajstić information content (AvgIpc) is 3.12. The Balaban J connectivity index is 1.73. The molecule has 4 aromatic rings. The number of hydrogen-bond acceptors (Lipinski definition) is 3. The maximum Gasteiger partial charge on any atom is 0.196 e. The molecule has 0 spiro atoms. The number of benzene rings is 3. The maximum atomic E-state index is 6.10. The molecule has 0 N–H and O–H groups in total. The predicted octanol–water partition coefficient (Wildman–Crippen LogP) is 6.53. The van der Waals surface area contributed by atoms with Crippen molar-refractivity contribution in [2.45, 2.75) is 10.9 Å². The maximum absolute atomic E-state index is 6.10. The molecular weight excluding hydrogens is 397 g/mol. The molecule has 6 heteroatoms. The van der Waals surface area contributed by atoms with E-state index in [1.54, 1.807) is 11.8 Å². The first-order valence-corrected chi connectivity index (χ1v) is 10.1.